The molecule has 0 saturated heterocycles. The number of H-pyrrole nitrogens is 1. The van der Waals surface area contributed by atoms with E-state index < -0.39 is 5.82 Å². The summed E-state index contributed by atoms with van der Waals surface area (Å²) in [4.78, 5) is 16.0. The second kappa shape index (κ2) is 4.77. The van der Waals surface area contributed by atoms with E-state index in [4.69, 9.17) is 4.74 Å². The van der Waals surface area contributed by atoms with Gasteiger partial charge in [0.05, 0.1) is 29.9 Å². The van der Waals surface area contributed by atoms with Crippen molar-refractivity contribution in [3.05, 3.63) is 48.7 Å². The third kappa shape index (κ3) is 1.88. The van der Waals surface area contributed by atoms with Crippen molar-refractivity contribution in [1.82, 2.24) is 19.9 Å². The van der Waals surface area contributed by atoms with Crippen LogP contribution < -0.4 is 4.74 Å². The SMILES string of the molecule is COc1ccc(-c2ncc3[nH]c4ccncc4c3n2)c(F)c1. The molecule has 4 rings (SSSR count). The number of ether oxygens (including phenoxy) is 1. The molecule has 1 aromatic carbocycles. The van der Waals surface area contributed by atoms with Gasteiger partial charge in [-0.15, -0.1) is 0 Å². The van der Waals surface area contributed by atoms with E-state index in [1.807, 2.05) is 6.07 Å². The number of hydrogen-bond donors (Lipinski definition) is 1. The topological polar surface area (TPSA) is 63.7 Å². The van der Waals surface area contributed by atoms with Crippen molar-refractivity contribution >= 4 is 21.9 Å². The van der Waals surface area contributed by atoms with E-state index in [9.17, 15) is 4.39 Å². The van der Waals surface area contributed by atoms with Crippen molar-refractivity contribution < 1.29 is 9.13 Å². The van der Waals surface area contributed by atoms with Gasteiger partial charge in [0.1, 0.15) is 17.1 Å². The van der Waals surface area contributed by atoms with Gasteiger partial charge in [0.15, 0.2) is 5.82 Å². The molecule has 108 valence electrons. The number of hydrogen-bond acceptors (Lipinski definition) is 4. The fourth-order valence-corrected chi connectivity index (χ4v) is 2.45. The van der Waals surface area contributed by atoms with Crippen LogP contribution in [0.15, 0.2) is 42.9 Å². The molecule has 0 aliphatic carbocycles. The maximum absolute atomic E-state index is 14.2. The predicted molar refractivity (Wildman–Crippen MR) is 81.1 cm³/mol. The first-order valence-corrected chi connectivity index (χ1v) is 6.68. The number of benzene rings is 1. The van der Waals surface area contributed by atoms with Gasteiger partial charge in [-0.25, -0.2) is 14.4 Å². The van der Waals surface area contributed by atoms with E-state index in [0.717, 1.165) is 21.9 Å². The van der Waals surface area contributed by atoms with E-state index in [0.29, 0.717) is 17.1 Å². The van der Waals surface area contributed by atoms with Crippen LogP contribution in [-0.2, 0) is 0 Å². The molecule has 0 aliphatic rings. The second-order valence-corrected chi connectivity index (χ2v) is 4.85. The van der Waals surface area contributed by atoms with Crippen LogP contribution in [-0.4, -0.2) is 27.0 Å². The Morgan fingerprint density at radius 1 is 1.14 bits per heavy atom. The van der Waals surface area contributed by atoms with E-state index in [-0.39, 0.29) is 0 Å². The third-order valence-corrected chi connectivity index (χ3v) is 3.55. The summed E-state index contributed by atoms with van der Waals surface area (Å²) >= 11 is 0. The van der Waals surface area contributed by atoms with Gasteiger partial charge in [-0.2, -0.15) is 0 Å². The Labute approximate surface area is 124 Å². The monoisotopic (exact) mass is 294 g/mol. The fraction of sp³-hybridized carbons (Fsp3) is 0.0625. The van der Waals surface area contributed by atoms with Crippen LogP contribution in [0.5, 0.6) is 5.75 Å². The molecule has 0 amide bonds. The second-order valence-electron chi connectivity index (χ2n) is 4.85. The molecule has 0 radical (unpaired) electrons. The number of aromatic amines is 1. The highest BCUT2D eigenvalue weighted by molar-refractivity contribution is 6.04. The van der Waals surface area contributed by atoms with Crippen LogP contribution >= 0.6 is 0 Å². The van der Waals surface area contributed by atoms with Crippen molar-refractivity contribution in [3.8, 4) is 17.1 Å². The Hall–Kier alpha value is -3.02. The fourth-order valence-electron chi connectivity index (χ4n) is 2.45. The van der Waals surface area contributed by atoms with Gasteiger partial charge in [-0.1, -0.05) is 0 Å². The lowest BCUT2D eigenvalue weighted by Crippen LogP contribution is -1.93. The Balaban J connectivity index is 1.94. The van der Waals surface area contributed by atoms with Crippen molar-refractivity contribution in [2.24, 2.45) is 0 Å². The summed E-state index contributed by atoms with van der Waals surface area (Å²) < 4.78 is 19.2. The minimum atomic E-state index is -0.420. The number of methoxy groups -OCH3 is 1. The smallest absolute Gasteiger partial charge is 0.162 e. The van der Waals surface area contributed by atoms with Crippen LogP contribution in [0.4, 0.5) is 4.39 Å². The molecule has 1 N–H and O–H groups in total. The first-order chi connectivity index (χ1) is 10.8. The minimum absolute atomic E-state index is 0.331. The lowest BCUT2D eigenvalue weighted by atomic mass is 10.2. The summed E-state index contributed by atoms with van der Waals surface area (Å²) in [5, 5.41) is 0.884. The molecule has 0 unspecified atom stereocenters. The molecule has 22 heavy (non-hydrogen) atoms. The van der Waals surface area contributed by atoms with Crippen molar-refractivity contribution in [1.29, 1.82) is 0 Å². The molecule has 0 fully saturated rings. The number of aromatic nitrogens is 4. The highest BCUT2D eigenvalue weighted by Crippen LogP contribution is 2.27. The van der Waals surface area contributed by atoms with Gasteiger partial charge in [0.2, 0.25) is 0 Å². The van der Waals surface area contributed by atoms with Crippen LogP contribution in [0.2, 0.25) is 0 Å². The summed E-state index contributed by atoms with van der Waals surface area (Å²) in [6, 6.07) is 6.48. The first kappa shape index (κ1) is 12.7. The zero-order valence-electron chi connectivity index (χ0n) is 11.7. The summed E-state index contributed by atoms with van der Waals surface area (Å²) in [5.74, 6) is 0.368. The molecule has 0 spiro atoms. The standard InChI is InChI=1S/C16H11FN4O/c1-22-9-2-3-10(12(17)6-9)16-19-8-14-15(21-16)11-7-18-5-4-13(11)20-14/h2-8,20H,1H3. The number of nitrogens with one attached hydrogen (secondary N) is 1. The van der Waals surface area contributed by atoms with Gasteiger partial charge in [0, 0.05) is 23.8 Å². The normalized spacial score (nSPS) is 11.2. The van der Waals surface area contributed by atoms with Gasteiger partial charge in [-0.05, 0) is 18.2 Å². The third-order valence-electron chi connectivity index (χ3n) is 3.55. The van der Waals surface area contributed by atoms with Crippen LogP contribution in [0.1, 0.15) is 0 Å². The number of nitrogens with zero attached hydrogens (tertiary/aromatic N) is 3. The molecule has 0 bridgehead atoms. The Morgan fingerprint density at radius 2 is 2.05 bits per heavy atom. The number of fused-ring (bicyclic) bond motifs is 3. The summed E-state index contributed by atoms with van der Waals surface area (Å²) in [6.07, 6.45) is 5.09. The van der Waals surface area contributed by atoms with E-state index in [2.05, 4.69) is 19.9 Å². The van der Waals surface area contributed by atoms with Crippen LogP contribution in [0.25, 0.3) is 33.3 Å². The average Bonchev–Trinajstić information content (AvgIpc) is 2.92. The lowest BCUT2D eigenvalue weighted by Gasteiger charge is -2.04. The summed E-state index contributed by atoms with van der Waals surface area (Å²) in [7, 11) is 1.50. The molecule has 0 aliphatic heterocycles. The number of rotatable bonds is 2. The largest absolute Gasteiger partial charge is 0.497 e. The van der Waals surface area contributed by atoms with Gasteiger partial charge in [0.25, 0.3) is 0 Å². The predicted octanol–water partition coefficient (Wildman–Crippen LogP) is 3.32. The summed E-state index contributed by atoms with van der Waals surface area (Å²) in [6.45, 7) is 0. The molecule has 3 heterocycles. The zero-order valence-corrected chi connectivity index (χ0v) is 11.7. The molecule has 0 saturated carbocycles. The van der Waals surface area contributed by atoms with Gasteiger partial charge in [-0.3, -0.25) is 4.98 Å². The van der Waals surface area contributed by atoms with Crippen LogP contribution in [0.3, 0.4) is 0 Å². The highest BCUT2D eigenvalue weighted by atomic mass is 19.1. The average molecular weight is 294 g/mol. The van der Waals surface area contributed by atoms with Crippen molar-refractivity contribution in [2.45, 2.75) is 0 Å². The molecule has 4 aromatic rings. The molecule has 5 nitrogen and oxygen atoms in total. The summed E-state index contributed by atoms with van der Waals surface area (Å²) in [5.41, 5.74) is 2.77. The molecule has 3 aromatic heterocycles. The number of pyridine rings is 1. The van der Waals surface area contributed by atoms with Gasteiger partial charge >= 0.3 is 0 Å². The highest BCUT2D eigenvalue weighted by Gasteiger charge is 2.12. The quantitative estimate of drug-likeness (QED) is 0.616. The zero-order chi connectivity index (χ0) is 15.1. The minimum Gasteiger partial charge on any atom is -0.497 e. The Bertz CT molecular complexity index is 996. The maximum atomic E-state index is 14.2. The van der Waals surface area contributed by atoms with E-state index in [1.54, 1.807) is 30.7 Å². The maximum Gasteiger partial charge on any atom is 0.162 e. The molecular weight excluding hydrogens is 283 g/mol. The molecular formula is C16H11FN4O. The number of halogens is 1. The Kier molecular flexibility index (Phi) is 2.75. The van der Waals surface area contributed by atoms with Crippen molar-refractivity contribution in [2.75, 3.05) is 7.11 Å². The van der Waals surface area contributed by atoms with Crippen molar-refractivity contribution in [3.63, 3.8) is 0 Å². The Morgan fingerprint density at radius 3 is 2.86 bits per heavy atom. The lowest BCUT2D eigenvalue weighted by molar-refractivity contribution is 0.411. The molecule has 6 heteroatoms. The van der Waals surface area contributed by atoms with E-state index >= 15 is 0 Å². The molecule has 0 atom stereocenters. The van der Waals surface area contributed by atoms with Gasteiger partial charge < -0.3 is 9.72 Å². The first-order valence-electron chi connectivity index (χ1n) is 6.68. The van der Waals surface area contributed by atoms with Crippen LogP contribution in [0, 0.1) is 5.82 Å². The van der Waals surface area contributed by atoms with E-state index in [1.165, 1.54) is 13.2 Å².